The number of nitrogens with one attached hydrogen (secondary N) is 1. The quantitative estimate of drug-likeness (QED) is 0.726. The summed E-state index contributed by atoms with van der Waals surface area (Å²) in [6.45, 7) is 9.67. The molecular weight excluding hydrogens is 282 g/mol. The summed E-state index contributed by atoms with van der Waals surface area (Å²) in [6, 6.07) is -0.638. The summed E-state index contributed by atoms with van der Waals surface area (Å²) in [4.78, 5) is 24.3. The standard InChI is InChI=1S/C17H31NO4/c1-6-17(4,5)22-16(20)18-14(11-12(2)3)15(19)21-13-9-7-8-10-13/h12-14H,6-11H2,1-5H3,(H,18,20)/t14-/m0/s1. The van der Waals surface area contributed by atoms with Crippen molar-refractivity contribution in [1.29, 1.82) is 0 Å². The zero-order valence-corrected chi connectivity index (χ0v) is 14.6. The summed E-state index contributed by atoms with van der Waals surface area (Å²) in [5.41, 5.74) is -0.540. The fourth-order valence-electron chi connectivity index (χ4n) is 2.43. The maximum atomic E-state index is 12.3. The zero-order chi connectivity index (χ0) is 16.8. The zero-order valence-electron chi connectivity index (χ0n) is 14.6. The minimum atomic E-state index is -0.638. The lowest BCUT2D eigenvalue weighted by atomic mass is 10.0. The monoisotopic (exact) mass is 313 g/mol. The number of carbonyl (C=O) groups is 2. The van der Waals surface area contributed by atoms with Crippen LogP contribution in [0.4, 0.5) is 4.79 Å². The van der Waals surface area contributed by atoms with Crippen LogP contribution in [0.25, 0.3) is 0 Å². The van der Waals surface area contributed by atoms with E-state index < -0.39 is 17.7 Å². The van der Waals surface area contributed by atoms with Gasteiger partial charge in [-0.15, -0.1) is 0 Å². The summed E-state index contributed by atoms with van der Waals surface area (Å²) in [7, 11) is 0. The first kappa shape index (κ1) is 18.8. The Balaban J connectivity index is 2.58. The van der Waals surface area contributed by atoms with Crippen LogP contribution in [0.3, 0.4) is 0 Å². The van der Waals surface area contributed by atoms with Crippen LogP contribution < -0.4 is 5.32 Å². The molecule has 22 heavy (non-hydrogen) atoms. The van der Waals surface area contributed by atoms with Crippen LogP contribution in [0.1, 0.15) is 73.1 Å². The number of rotatable bonds is 7. The minimum Gasteiger partial charge on any atom is -0.461 e. The summed E-state index contributed by atoms with van der Waals surface area (Å²) >= 11 is 0. The van der Waals surface area contributed by atoms with Crippen molar-refractivity contribution in [3.05, 3.63) is 0 Å². The number of hydrogen-bond donors (Lipinski definition) is 1. The molecule has 0 radical (unpaired) electrons. The van der Waals surface area contributed by atoms with Gasteiger partial charge in [0.2, 0.25) is 0 Å². The van der Waals surface area contributed by atoms with Crippen molar-refractivity contribution in [2.75, 3.05) is 0 Å². The van der Waals surface area contributed by atoms with Gasteiger partial charge in [-0.05, 0) is 58.3 Å². The number of amides is 1. The Morgan fingerprint density at radius 2 is 1.82 bits per heavy atom. The predicted molar refractivity (Wildman–Crippen MR) is 85.6 cm³/mol. The molecule has 128 valence electrons. The Morgan fingerprint density at radius 1 is 1.23 bits per heavy atom. The average Bonchev–Trinajstić information content (AvgIpc) is 2.89. The molecule has 1 amide bonds. The average molecular weight is 313 g/mol. The van der Waals surface area contributed by atoms with Gasteiger partial charge in [-0.3, -0.25) is 0 Å². The molecule has 1 N–H and O–H groups in total. The van der Waals surface area contributed by atoms with Crippen LogP contribution in [0, 0.1) is 5.92 Å². The van der Waals surface area contributed by atoms with Crippen LogP contribution in [-0.4, -0.2) is 29.8 Å². The Bertz CT molecular complexity index is 373. The topological polar surface area (TPSA) is 64.6 Å². The lowest BCUT2D eigenvalue weighted by molar-refractivity contribution is -0.151. The Hall–Kier alpha value is -1.26. The first-order valence-electron chi connectivity index (χ1n) is 8.43. The third-order valence-corrected chi connectivity index (χ3v) is 4.09. The van der Waals surface area contributed by atoms with Gasteiger partial charge in [0.05, 0.1) is 0 Å². The van der Waals surface area contributed by atoms with Crippen molar-refractivity contribution >= 4 is 12.1 Å². The van der Waals surface area contributed by atoms with E-state index in [0.717, 1.165) is 25.7 Å². The SMILES string of the molecule is CCC(C)(C)OC(=O)N[C@@H](CC(C)C)C(=O)OC1CCCC1. The number of carbonyl (C=O) groups excluding carboxylic acids is 2. The molecule has 0 aromatic heterocycles. The fourth-order valence-corrected chi connectivity index (χ4v) is 2.43. The van der Waals surface area contributed by atoms with Gasteiger partial charge >= 0.3 is 12.1 Å². The summed E-state index contributed by atoms with van der Waals surface area (Å²) < 4.78 is 10.9. The lowest BCUT2D eigenvalue weighted by Crippen LogP contribution is -2.46. The molecule has 0 aromatic rings. The molecule has 0 aromatic carbocycles. The Kier molecular flexibility index (Phi) is 7.17. The van der Waals surface area contributed by atoms with Crippen molar-refractivity contribution in [2.24, 2.45) is 5.92 Å². The van der Waals surface area contributed by atoms with E-state index in [1.165, 1.54) is 0 Å². The van der Waals surface area contributed by atoms with Crippen molar-refractivity contribution in [3.63, 3.8) is 0 Å². The molecule has 1 aliphatic rings. The van der Waals surface area contributed by atoms with Crippen LogP contribution in [0.5, 0.6) is 0 Å². The molecule has 1 aliphatic carbocycles. The molecule has 0 heterocycles. The normalized spacial score (nSPS) is 17.4. The predicted octanol–water partition coefficient (Wildman–Crippen LogP) is 3.80. The fraction of sp³-hybridized carbons (Fsp3) is 0.882. The number of hydrogen-bond acceptors (Lipinski definition) is 4. The number of ether oxygens (including phenoxy) is 2. The molecule has 1 saturated carbocycles. The van der Waals surface area contributed by atoms with E-state index in [4.69, 9.17) is 9.47 Å². The second kappa shape index (κ2) is 8.39. The maximum Gasteiger partial charge on any atom is 0.408 e. The van der Waals surface area contributed by atoms with Crippen molar-refractivity contribution in [1.82, 2.24) is 5.32 Å². The molecule has 5 nitrogen and oxygen atoms in total. The van der Waals surface area contributed by atoms with E-state index >= 15 is 0 Å². The number of esters is 1. The second-order valence-electron chi connectivity index (χ2n) is 7.17. The molecular formula is C17H31NO4. The summed E-state index contributed by atoms with van der Waals surface area (Å²) in [5, 5.41) is 2.68. The second-order valence-corrected chi connectivity index (χ2v) is 7.17. The molecule has 1 rings (SSSR count). The highest BCUT2D eigenvalue weighted by Gasteiger charge is 2.29. The molecule has 0 aliphatic heterocycles. The first-order valence-corrected chi connectivity index (χ1v) is 8.43. The van der Waals surface area contributed by atoms with Crippen molar-refractivity contribution < 1.29 is 19.1 Å². The highest BCUT2D eigenvalue weighted by atomic mass is 16.6. The van der Waals surface area contributed by atoms with Gasteiger partial charge in [0.15, 0.2) is 0 Å². The lowest BCUT2D eigenvalue weighted by Gasteiger charge is -2.26. The number of alkyl carbamates (subject to hydrolysis) is 1. The Morgan fingerprint density at radius 3 is 2.32 bits per heavy atom. The molecule has 1 atom stereocenters. The van der Waals surface area contributed by atoms with Crippen LogP contribution in [-0.2, 0) is 14.3 Å². The highest BCUT2D eigenvalue weighted by molar-refractivity contribution is 5.81. The van der Waals surface area contributed by atoms with Crippen molar-refractivity contribution in [3.8, 4) is 0 Å². The summed E-state index contributed by atoms with van der Waals surface area (Å²) in [6.07, 6.45) is 4.77. The highest BCUT2D eigenvalue weighted by Crippen LogP contribution is 2.22. The largest absolute Gasteiger partial charge is 0.461 e. The van der Waals surface area contributed by atoms with E-state index in [1.54, 1.807) is 0 Å². The van der Waals surface area contributed by atoms with Gasteiger partial charge < -0.3 is 14.8 Å². The third kappa shape index (κ3) is 6.67. The molecule has 5 heteroatoms. The van der Waals surface area contributed by atoms with E-state index in [-0.39, 0.29) is 18.0 Å². The summed E-state index contributed by atoms with van der Waals surface area (Å²) in [5.74, 6) is -0.0625. The Labute approximate surface area is 134 Å². The molecule has 0 spiro atoms. The van der Waals surface area contributed by atoms with E-state index in [2.05, 4.69) is 5.32 Å². The van der Waals surface area contributed by atoms with Crippen LogP contribution in [0.15, 0.2) is 0 Å². The smallest absolute Gasteiger partial charge is 0.408 e. The van der Waals surface area contributed by atoms with Crippen LogP contribution in [0.2, 0.25) is 0 Å². The van der Waals surface area contributed by atoms with Crippen LogP contribution >= 0.6 is 0 Å². The molecule has 0 bridgehead atoms. The minimum absolute atomic E-state index is 0.00654. The first-order chi connectivity index (χ1) is 10.2. The van der Waals surface area contributed by atoms with Crippen molar-refractivity contribution in [2.45, 2.75) is 90.9 Å². The van der Waals surface area contributed by atoms with Gasteiger partial charge in [-0.2, -0.15) is 0 Å². The van der Waals surface area contributed by atoms with Gasteiger partial charge in [0.1, 0.15) is 17.7 Å². The van der Waals surface area contributed by atoms with E-state index in [9.17, 15) is 9.59 Å². The molecule has 0 saturated heterocycles. The van der Waals surface area contributed by atoms with Gasteiger partial charge in [-0.1, -0.05) is 20.8 Å². The maximum absolute atomic E-state index is 12.3. The molecule has 0 unspecified atom stereocenters. The molecule has 1 fully saturated rings. The van der Waals surface area contributed by atoms with E-state index in [0.29, 0.717) is 12.8 Å². The third-order valence-electron chi connectivity index (χ3n) is 4.09. The van der Waals surface area contributed by atoms with Gasteiger partial charge in [-0.25, -0.2) is 9.59 Å². The van der Waals surface area contributed by atoms with Gasteiger partial charge in [0, 0.05) is 0 Å². The van der Waals surface area contributed by atoms with E-state index in [1.807, 2.05) is 34.6 Å². The van der Waals surface area contributed by atoms with Gasteiger partial charge in [0.25, 0.3) is 0 Å².